The van der Waals surface area contributed by atoms with Crippen LogP contribution in [0.4, 0.5) is 5.69 Å². The Morgan fingerprint density at radius 3 is 2.62 bits per heavy atom. The van der Waals surface area contributed by atoms with Gasteiger partial charge in [-0.15, -0.1) is 0 Å². The van der Waals surface area contributed by atoms with Crippen LogP contribution in [0, 0.1) is 5.92 Å². The Morgan fingerprint density at radius 2 is 2.00 bits per heavy atom. The highest BCUT2D eigenvalue weighted by Gasteiger charge is 2.33. The van der Waals surface area contributed by atoms with E-state index in [1.54, 1.807) is 21.8 Å². The van der Waals surface area contributed by atoms with Crippen LogP contribution in [0.25, 0.3) is 5.69 Å². The Kier molecular flexibility index (Phi) is 3.41. The average molecular weight is 284 g/mol. The van der Waals surface area contributed by atoms with E-state index in [2.05, 4.69) is 12.0 Å². The molecule has 110 valence electrons. The van der Waals surface area contributed by atoms with Crippen LogP contribution in [-0.2, 0) is 0 Å². The van der Waals surface area contributed by atoms with E-state index in [0.717, 1.165) is 5.69 Å². The molecule has 1 fully saturated rings. The quantitative estimate of drug-likeness (QED) is 0.876. The molecular formula is C16H20N4O. The second-order valence-electron chi connectivity index (χ2n) is 5.73. The maximum Gasteiger partial charge on any atom is 0.274 e. The number of benzene rings is 1. The molecule has 2 aromatic rings. The lowest BCUT2D eigenvalue weighted by Crippen LogP contribution is -2.36. The minimum Gasteiger partial charge on any atom is -0.399 e. The number of hydrogen-bond donors (Lipinski definition) is 1. The molecule has 1 unspecified atom stereocenters. The van der Waals surface area contributed by atoms with Crippen molar-refractivity contribution >= 4 is 11.6 Å². The number of aromatic nitrogens is 2. The fourth-order valence-corrected chi connectivity index (χ4v) is 2.47. The van der Waals surface area contributed by atoms with E-state index in [1.165, 1.54) is 12.8 Å². The van der Waals surface area contributed by atoms with E-state index in [0.29, 0.717) is 17.3 Å². The van der Waals surface area contributed by atoms with Gasteiger partial charge in [0.1, 0.15) is 0 Å². The summed E-state index contributed by atoms with van der Waals surface area (Å²) in [5.41, 5.74) is 7.75. The molecule has 3 rings (SSSR count). The van der Waals surface area contributed by atoms with Crippen molar-refractivity contribution in [2.24, 2.45) is 5.92 Å². The highest BCUT2D eigenvalue weighted by Crippen LogP contribution is 2.35. The monoisotopic (exact) mass is 284 g/mol. The van der Waals surface area contributed by atoms with Crippen LogP contribution >= 0.6 is 0 Å². The lowest BCUT2D eigenvalue weighted by molar-refractivity contribution is 0.0721. The lowest BCUT2D eigenvalue weighted by Gasteiger charge is -2.23. The number of nitrogens with two attached hydrogens (primary N) is 1. The van der Waals surface area contributed by atoms with Crippen molar-refractivity contribution in [3.05, 3.63) is 42.2 Å². The topological polar surface area (TPSA) is 64.2 Å². The summed E-state index contributed by atoms with van der Waals surface area (Å²) in [5.74, 6) is 0.627. The van der Waals surface area contributed by atoms with Gasteiger partial charge in [-0.3, -0.25) is 4.79 Å². The van der Waals surface area contributed by atoms with Gasteiger partial charge >= 0.3 is 0 Å². The zero-order chi connectivity index (χ0) is 15.0. The van der Waals surface area contributed by atoms with E-state index in [4.69, 9.17) is 5.73 Å². The minimum absolute atomic E-state index is 0.0244. The Morgan fingerprint density at radius 1 is 1.33 bits per heavy atom. The van der Waals surface area contributed by atoms with E-state index >= 15 is 0 Å². The Labute approximate surface area is 124 Å². The van der Waals surface area contributed by atoms with Gasteiger partial charge in [-0.05, 0) is 56.0 Å². The third-order valence-corrected chi connectivity index (χ3v) is 4.20. The summed E-state index contributed by atoms with van der Waals surface area (Å²) in [4.78, 5) is 14.2. The maximum atomic E-state index is 12.4. The number of anilines is 1. The summed E-state index contributed by atoms with van der Waals surface area (Å²) in [6, 6.07) is 9.44. The van der Waals surface area contributed by atoms with Crippen molar-refractivity contribution < 1.29 is 4.79 Å². The molecule has 1 amide bonds. The second-order valence-corrected chi connectivity index (χ2v) is 5.73. The van der Waals surface area contributed by atoms with Crippen molar-refractivity contribution in [2.75, 3.05) is 12.8 Å². The van der Waals surface area contributed by atoms with Crippen LogP contribution in [0.2, 0.25) is 0 Å². The van der Waals surface area contributed by atoms with Crippen LogP contribution in [0.3, 0.4) is 0 Å². The molecule has 0 saturated heterocycles. The molecule has 21 heavy (non-hydrogen) atoms. The molecule has 1 atom stereocenters. The average Bonchev–Trinajstić information content (AvgIpc) is 3.23. The van der Waals surface area contributed by atoms with E-state index in [9.17, 15) is 4.79 Å². The number of nitrogens with zero attached hydrogens (tertiary/aromatic N) is 3. The van der Waals surface area contributed by atoms with Crippen LogP contribution in [0.1, 0.15) is 30.3 Å². The summed E-state index contributed by atoms with van der Waals surface area (Å²) >= 11 is 0. The van der Waals surface area contributed by atoms with Gasteiger partial charge in [0, 0.05) is 25.0 Å². The Bertz CT molecular complexity index is 643. The Hall–Kier alpha value is -2.30. The first-order valence-electron chi connectivity index (χ1n) is 7.25. The summed E-state index contributed by atoms with van der Waals surface area (Å²) in [6.45, 7) is 2.10. The van der Waals surface area contributed by atoms with Crippen LogP contribution in [-0.4, -0.2) is 33.7 Å². The van der Waals surface area contributed by atoms with Crippen molar-refractivity contribution in [3.8, 4) is 5.69 Å². The molecule has 1 aromatic heterocycles. The number of carbonyl (C=O) groups excluding carboxylic acids is 1. The van der Waals surface area contributed by atoms with Gasteiger partial charge < -0.3 is 10.6 Å². The van der Waals surface area contributed by atoms with Gasteiger partial charge in [0.25, 0.3) is 5.91 Å². The van der Waals surface area contributed by atoms with Gasteiger partial charge in [-0.25, -0.2) is 4.68 Å². The molecule has 1 saturated carbocycles. The first-order valence-corrected chi connectivity index (χ1v) is 7.25. The molecular weight excluding hydrogens is 264 g/mol. The van der Waals surface area contributed by atoms with Crippen molar-refractivity contribution in [2.45, 2.75) is 25.8 Å². The molecule has 0 radical (unpaired) electrons. The number of hydrogen-bond acceptors (Lipinski definition) is 3. The molecule has 1 aromatic carbocycles. The van der Waals surface area contributed by atoms with Crippen molar-refractivity contribution in [1.29, 1.82) is 0 Å². The fraction of sp³-hybridized carbons (Fsp3) is 0.375. The van der Waals surface area contributed by atoms with Gasteiger partial charge in [0.2, 0.25) is 0 Å². The van der Waals surface area contributed by atoms with Crippen molar-refractivity contribution in [3.63, 3.8) is 0 Å². The first-order chi connectivity index (χ1) is 10.1. The normalized spacial score (nSPS) is 15.7. The molecule has 1 heterocycles. The van der Waals surface area contributed by atoms with Gasteiger partial charge in [0.15, 0.2) is 5.69 Å². The summed E-state index contributed by atoms with van der Waals surface area (Å²) in [6.07, 6.45) is 4.24. The highest BCUT2D eigenvalue weighted by molar-refractivity contribution is 5.92. The lowest BCUT2D eigenvalue weighted by atomic mass is 10.2. The predicted octanol–water partition coefficient (Wildman–Crippen LogP) is 2.33. The molecule has 0 spiro atoms. The Balaban J connectivity index is 1.77. The van der Waals surface area contributed by atoms with Crippen molar-refractivity contribution in [1.82, 2.24) is 14.7 Å². The largest absolute Gasteiger partial charge is 0.399 e. The molecule has 0 aliphatic heterocycles. The third kappa shape index (κ3) is 2.77. The highest BCUT2D eigenvalue weighted by atomic mass is 16.2. The summed E-state index contributed by atoms with van der Waals surface area (Å²) in [5, 5.41) is 4.38. The number of amides is 1. The molecule has 5 heteroatoms. The number of nitrogen functional groups attached to an aromatic ring is 1. The van der Waals surface area contributed by atoms with Gasteiger partial charge in [0.05, 0.1) is 5.69 Å². The first kappa shape index (κ1) is 13.7. The predicted molar refractivity (Wildman–Crippen MR) is 82.3 cm³/mol. The minimum atomic E-state index is -0.0244. The molecule has 2 N–H and O–H groups in total. The summed E-state index contributed by atoms with van der Waals surface area (Å²) < 4.78 is 1.70. The zero-order valence-corrected chi connectivity index (χ0v) is 12.4. The van der Waals surface area contributed by atoms with Gasteiger partial charge in [-0.2, -0.15) is 5.10 Å². The third-order valence-electron chi connectivity index (χ3n) is 4.20. The zero-order valence-electron chi connectivity index (χ0n) is 12.4. The van der Waals surface area contributed by atoms with Gasteiger partial charge in [-0.1, -0.05) is 0 Å². The van der Waals surface area contributed by atoms with E-state index < -0.39 is 0 Å². The summed E-state index contributed by atoms with van der Waals surface area (Å²) in [7, 11) is 1.85. The standard InChI is InChI=1S/C16H20N4O/c1-11(12-3-4-12)19(2)16(21)15-9-10-20(18-15)14-7-5-13(17)6-8-14/h5-12H,3-4,17H2,1-2H3. The number of rotatable bonds is 4. The molecule has 1 aliphatic carbocycles. The van der Waals surface area contributed by atoms with E-state index in [-0.39, 0.29) is 11.9 Å². The number of carbonyl (C=O) groups is 1. The fourth-order valence-electron chi connectivity index (χ4n) is 2.47. The molecule has 0 bridgehead atoms. The molecule has 1 aliphatic rings. The van der Waals surface area contributed by atoms with Crippen LogP contribution in [0.15, 0.2) is 36.5 Å². The second kappa shape index (κ2) is 5.24. The SMILES string of the molecule is CC(C1CC1)N(C)C(=O)c1ccn(-c2ccc(N)cc2)n1. The van der Waals surface area contributed by atoms with Crippen LogP contribution in [0.5, 0.6) is 0 Å². The van der Waals surface area contributed by atoms with Crippen LogP contribution < -0.4 is 5.73 Å². The van der Waals surface area contributed by atoms with E-state index in [1.807, 2.05) is 31.3 Å². The maximum absolute atomic E-state index is 12.4. The smallest absolute Gasteiger partial charge is 0.274 e. The molecule has 5 nitrogen and oxygen atoms in total.